The number of rotatable bonds is 5. The average Bonchev–Trinajstić information content (AvgIpc) is 2.56. The van der Waals surface area contributed by atoms with E-state index in [1.807, 2.05) is 11.7 Å². The van der Waals surface area contributed by atoms with Gasteiger partial charge in [0.2, 0.25) is 0 Å². The molecule has 3 heteroatoms. The van der Waals surface area contributed by atoms with Gasteiger partial charge in [-0.25, -0.2) is 0 Å². The first kappa shape index (κ1) is 12.2. The zero-order valence-corrected chi connectivity index (χ0v) is 10.6. The molecule has 86 valence electrons. The van der Waals surface area contributed by atoms with Gasteiger partial charge >= 0.3 is 0 Å². The molecule has 1 heterocycles. The van der Waals surface area contributed by atoms with Crippen molar-refractivity contribution < 1.29 is 0 Å². The van der Waals surface area contributed by atoms with Gasteiger partial charge in [-0.1, -0.05) is 13.8 Å². The third-order valence-corrected chi connectivity index (χ3v) is 2.97. The van der Waals surface area contributed by atoms with Crippen molar-refractivity contribution in [3.63, 3.8) is 0 Å². The topological polar surface area (TPSA) is 29.9 Å². The predicted octanol–water partition coefficient (Wildman–Crippen LogP) is 2.26. The standard InChI is InChI=1S/C12H23N3/c1-6-11-10(9-15(5)14-11)8-13-12(3,4)7-2/h9,13H,6-8H2,1-5H3. The third kappa shape index (κ3) is 3.34. The lowest BCUT2D eigenvalue weighted by atomic mass is 10.0. The van der Waals surface area contributed by atoms with Crippen molar-refractivity contribution in [1.82, 2.24) is 15.1 Å². The summed E-state index contributed by atoms with van der Waals surface area (Å²) >= 11 is 0. The van der Waals surface area contributed by atoms with E-state index in [1.165, 1.54) is 11.3 Å². The van der Waals surface area contributed by atoms with Gasteiger partial charge in [-0.3, -0.25) is 4.68 Å². The Kier molecular flexibility index (Phi) is 3.91. The van der Waals surface area contributed by atoms with Crippen molar-refractivity contribution in [2.75, 3.05) is 0 Å². The van der Waals surface area contributed by atoms with Crippen molar-refractivity contribution in [1.29, 1.82) is 0 Å². The highest BCUT2D eigenvalue weighted by atomic mass is 15.3. The molecule has 15 heavy (non-hydrogen) atoms. The van der Waals surface area contributed by atoms with Gasteiger partial charge in [0.15, 0.2) is 0 Å². The lowest BCUT2D eigenvalue weighted by molar-refractivity contribution is 0.374. The van der Waals surface area contributed by atoms with Crippen molar-refractivity contribution in [3.8, 4) is 0 Å². The zero-order chi connectivity index (χ0) is 11.5. The van der Waals surface area contributed by atoms with Crippen LogP contribution in [0, 0.1) is 0 Å². The van der Waals surface area contributed by atoms with E-state index in [0.29, 0.717) is 0 Å². The molecule has 0 bridgehead atoms. The third-order valence-electron chi connectivity index (χ3n) is 2.97. The summed E-state index contributed by atoms with van der Waals surface area (Å²) in [5.74, 6) is 0. The van der Waals surface area contributed by atoms with Gasteiger partial charge in [-0.2, -0.15) is 5.10 Å². The van der Waals surface area contributed by atoms with Crippen LogP contribution in [-0.2, 0) is 20.0 Å². The monoisotopic (exact) mass is 209 g/mol. The van der Waals surface area contributed by atoms with E-state index >= 15 is 0 Å². The SMILES string of the molecule is CCc1nn(C)cc1CNC(C)(C)CC. The van der Waals surface area contributed by atoms with E-state index in [4.69, 9.17) is 0 Å². The smallest absolute Gasteiger partial charge is 0.0666 e. The molecule has 0 unspecified atom stereocenters. The highest BCUT2D eigenvalue weighted by Crippen LogP contribution is 2.11. The molecule has 0 aliphatic carbocycles. The van der Waals surface area contributed by atoms with E-state index in [1.54, 1.807) is 0 Å². The summed E-state index contributed by atoms with van der Waals surface area (Å²) in [6.07, 6.45) is 4.25. The van der Waals surface area contributed by atoms with E-state index in [9.17, 15) is 0 Å². The Morgan fingerprint density at radius 3 is 2.60 bits per heavy atom. The Morgan fingerprint density at radius 1 is 1.40 bits per heavy atom. The lowest BCUT2D eigenvalue weighted by Gasteiger charge is -2.24. The minimum absolute atomic E-state index is 0.209. The maximum atomic E-state index is 4.43. The molecular weight excluding hydrogens is 186 g/mol. The van der Waals surface area contributed by atoms with Gasteiger partial charge in [0, 0.05) is 30.9 Å². The minimum Gasteiger partial charge on any atom is -0.308 e. The minimum atomic E-state index is 0.209. The molecule has 0 fully saturated rings. The number of aryl methyl sites for hydroxylation is 2. The molecule has 0 saturated carbocycles. The molecule has 1 aromatic heterocycles. The summed E-state index contributed by atoms with van der Waals surface area (Å²) in [7, 11) is 1.98. The molecule has 0 atom stereocenters. The highest BCUT2D eigenvalue weighted by molar-refractivity contribution is 5.17. The largest absolute Gasteiger partial charge is 0.308 e. The van der Waals surface area contributed by atoms with Gasteiger partial charge in [0.05, 0.1) is 5.69 Å². The summed E-state index contributed by atoms with van der Waals surface area (Å²) in [5.41, 5.74) is 2.74. The molecule has 0 aromatic carbocycles. The number of hydrogen-bond acceptors (Lipinski definition) is 2. The lowest BCUT2D eigenvalue weighted by Crippen LogP contribution is -2.37. The normalized spacial score (nSPS) is 12.1. The van der Waals surface area contributed by atoms with Crippen molar-refractivity contribution in [2.45, 2.75) is 52.6 Å². The summed E-state index contributed by atoms with van der Waals surface area (Å²) in [6, 6.07) is 0. The van der Waals surface area contributed by atoms with Crippen LogP contribution in [0.5, 0.6) is 0 Å². The van der Waals surface area contributed by atoms with Crippen LogP contribution in [0.3, 0.4) is 0 Å². The van der Waals surface area contributed by atoms with Gasteiger partial charge in [-0.05, 0) is 26.7 Å². The number of nitrogens with zero attached hydrogens (tertiary/aromatic N) is 2. The summed E-state index contributed by atoms with van der Waals surface area (Å²) in [5, 5.41) is 7.99. The first-order chi connectivity index (χ1) is 6.98. The molecule has 1 N–H and O–H groups in total. The van der Waals surface area contributed by atoms with E-state index in [2.05, 4.69) is 44.3 Å². The maximum absolute atomic E-state index is 4.43. The van der Waals surface area contributed by atoms with Crippen LogP contribution in [0.2, 0.25) is 0 Å². The van der Waals surface area contributed by atoms with Gasteiger partial charge in [0.25, 0.3) is 0 Å². The second-order valence-electron chi connectivity index (χ2n) is 4.72. The molecule has 0 amide bonds. The molecule has 0 spiro atoms. The fourth-order valence-corrected chi connectivity index (χ4v) is 1.49. The van der Waals surface area contributed by atoms with Crippen LogP contribution in [0.15, 0.2) is 6.20 Å². The maximum Gasteiger partial charge on any atom is 0.0666 e. The van der Waals surface area contributed by atoms with Crippen LogP contribution in [0.4, 0.5) is 0 Å². The highest BCUT2D eigenvalue weighted by Gasteiger charge is 2.15. The Bertz CT molecular complexity index is 313. The van der Waals surface area contributed by atoms with Crippen molar-refractivity contribution in [3.05, 3.63) is 17.5 Å². The molecule has 3 nitrogen and oxygen atoms in total. The molecule has 0 aliphatic rings. The van der Waals surface area contributed by atoms with Gasteiger partial charge in [-0.15, -0.1) is 0 Å². The Labute approximate surface area is 92.9 Å². The summed E-state index contributed by atoms with van der Waals surface area (Å²) in [4.78, 5) is 0. The molecular formula is C12H23N3. The molecule has 0 saturated heterocycles. The van der Waals surface area contributed by atoms with Crippen LogP contribution in [0.1, 0.15) is 45.4 Å². The summed E-state index contributed by atoms with van der Waals surface area (Å²) < 4.78 is 1.90. The number of nitrogens with one attached hydrogen (secondary N) is 1. The number of aromatic nitrogens is 2. The fourth-order valence-electron chi connectivity index (χ4n) is 1.49. The molecule has 0 radical (unpaired) electrons. The van der Waals surface area contributed by atoms with E-state index in [0.717, 1.165) is 19.4 Å². The van der Waals surface area contributed by atoms with Crippen LogP contribution >= 0.6 is 0 Å². The Hall–Kier alpha value is -0.830. The molecule has 0 aliphatic heterocycles. The van der Waals surface area contributed by atoms with Crippen molar-refractivity contribution in [2.24, 2.45) is 7.05 Å². The fraction of sp³-hybridized carbons (Fsp3) is 0.750. The first-order valence-electron chi connectivity index (χ1n) is 5.75. The van der Waals surface area contributed by atoms with Crippen molar-refractivity contribution >= 4 is 0 Å². The Morgan fingerprint density at radius 2 is 2.07 bits per heavy atom. The molecule has 1 rings (SSSR count). The van der Waals surface area contributed by atoms with Gasteiger partial charge in [0.1, 0.15) is 0 Å². The first-order valence-corrected chi connectivity index (χ1v) is 5.75. The predicted molar refractivity (Wildman–Crippen MR) is 63.8 cm³/mol. The second-order valence-corrected chi connectivity index (χ2v) is 4.72. The average molecular weight is 209 g/mol. The van der Waals surface area contributed by atoms with E-state index in [-0.39, 0.29) is 5.54 Å². The van der Waals surface area contributed by atoms with E-state index < -0.39 is 0 Å². The van der Waals surface area contributed by atoms with Crippen LogP contribution < -0.4 is 5.32 Å². The Balaban J connectivity index is 2.64. The second kappa shape index (κ2) is 4.79. The quantitative estimate of drug-likeness (QED) is 0.806. The summed E-state index contributed by atoms with van der Waals surface area (Å²) in [6.45, 7) is 9.73. The molecule has 1 aromatic rings. The van der Waals surface area contributed by atoms with Gasteiger partial charge < -0.3 is 5.32 Å². The zero-order valence-electron chi connectivity index (χ0n) is 10.6. The number of hydrogen-bond donors (Lipinski definition) is 1. The van der Waals surface area contributed by atoms with Crippen LogP contribution in [-0.4, -0.2) is 15.3 Å². The van der Waals surface area contributed by atoms with Crippen LogP contribution in [0.25, 0.3) is 0 Å².